The van der Waals surface area contributed by atoms with Gasteiger partial charge in [0, 0.05) is 37.3 Å². The summed E-state index contributed by atoms with van der Waals surface area (Å²) in [7, 11) is 1.64. The number of nitrogens with zero attached hydrogens (tertiary/aromatic N) is 6. The van der Waals surface area contributed by atoms with Gasteiger partial charge in [0.15, 0.2) is 0 Å². The Morgan fingerprint density at radius 1 is 1.08 bits per heavy atom. The highest BCUT2D eigenvalue weighted by molar-refractivity contribution is 5.58. The maximum Gasteiger partial charge on any atom is 0.138 e. The van der Waals surface area contributed by atoms with Gasteiger partial charge in [0.2, 0.25) is 0 Å². The first-order chi connectivity index (χ1) is 18.4. The molecule has 3 saturated carbocycles. The molecule has 2 bridgehead atoms. The van der Waals surface area contributed by atoms with Crippen molar-refractivity contribution in [2.24, 2.45) is 11.1 Å². The Hall–Kier alpha value is -3.41. The van der Waals surface area contributed by atoms with E-state index in [0.717, 1.165) is 28.9 Å². The Labute approximate surface area is 219 Å². The van der Waals surface area contributed by atoms with Crippen LogP contribution >= 0.6 is 0 Å². The molecule has 1 unspecified atom stereocenters. The molecule has 4 aromatic rings. The first-order valence-corrected chi connectivity index (χ1v) is 12.9. The van der Waals surface area contributed by atoms with Crippen molar-refractivity contribution in [3.8, 4) is 17.0 Å². The molecule has 0 aliphatic heterocycles. The van der Waals surface area contributed by atoms with Gasteiger partial charge >= 0.3 is 0 Å². The molecule has 2 N–H and O–H groups in total. The van der Waals surface area contributed by atoms with Gasteiger partial charge in [0.1, 0.15) is 29.4 Å². The second kappa shape index (κ2) is 10.0. The lowest BCUT2D eigenvalue weighted by Crippen LogP contribution is -2.64. The first-order valence-electron chi connectivity index (χ1n) is 12.9. The average molecular weight is 522 g/mol. The Morgan fingerprint density at radius 3 is 2.74 bits per heavy atom. The molecule has 7 rings (SSSR count). The van der Waals surface area contributed by atoms with Crippen molar-refractivity contribution in [2.75, 3.05) is 33.5 Å². The standard InChI is InChI=1S/C27H32FN7O3/c1-36-4-5-37-6-7-38-22-8-20(10-30-11-22)24-15-35(33-32-24)14-21-13-34-12-19(2-3-25(34)31-21)23(29)9-26-16-27(28,17-26)18-26/h2-3,8,10-13,15,23H,4-7,9,14,16-18,29H2,1H3. The quantitative estimate of drug-likeness (QED) is 0.267. The normalized spacial score (nSPS) is 22.7. The predicted octanol–water partition coefficient (Wildman–Crippen LogP) is 3.36. The van der Waals surface area contributed by atoms with Crippen LogP contribution < -0.4 is 10.5 Å². The van der Waals surface area contributed by atoms with Gasteiger partial charge in [-0.25, -0.2) is 14.1 Å². The molecule has 0 saturated heterocycles. The van der Waals surface area contributed by atoms with Gasteiger partial charge < -0.3 is 24.3 Å². The van der Waals surface area contributed by atoms with Gasteiger partial charge in [-0.3, -0.25) is 4.98 Å². The van der Waals surface area contributed by atoms with Crippen molar-refractivity contribution < 1.29 is 18.6 Å². The average Bonchev–Trinajstić information content (AvgIpc) is 3.51. The number of nitrogens with two attached hydrogens (primary N) is 1. The van der Waals surface area contributed by atoms with Crippen LogP contribution in [-0.2, 0) is 16.0 Å². The number of imidazole rings is 1. The minimum Gasteiger partial charge on any atom is -0.490 e. The fourth-order valence-electron chi connectivity index (χ4n) is 5.79. The predicted molar refractivity (Wildman–Crippen MR) is 137 cm³/mol. The van der Waals surface area contributed by atoms with Crippen molar-refractivity contribution in [3.63, 3.8) is 0 Å². The van der Waals surface area contributed by atoms with Crippen molar-refractivity contribution in [1.29, 1.82) is 0 Å². The number of hydrogen-bond donors (Lipinski definition) is 1. The Balaban J connectivity index is 1.07. The second-order valence-corrected chi connectivity index (χ2v) is 10.6. The zero-order chi connectivity index (χ0) is 26.2. The minimum absolute atomic E-state index is 0.107. The largest absolute Gasteiger partial charge is 0.490 e. The van der Waals surface area contributed by atoms with Crippen LogP contribution in [0.4, 0.5) is 4.39 Å². The molecular weight excluding hydrogens is 489 g/mol. The summed E-state index contributed by atoms with van der Waals surface area (Å²) in [5.41, 5.74) is 9.96. The van der Waals surface area contributed by atoms with Crippen molar-refractivity contribution in [2.45, 2.75) is 43.9 Å². The molecule has 3 aliphatic rings. The third kappa shape index (κ3) is 5.13. The SMILES string of the molecule is COCCOCCOc1cncc(-c2cn(Cc3cn4cc(C(N)CC56CC(F)(C5)C6)ccc4n3)nn2)c1. The minimum atomic E-state index is -0.892. The molecule has 11 heteroatoms. The van der Waals surface area contributed by atoms with Crippen LogP contribution in [0.15, 0.2) is 49.2 Å². The molecule has 0 spiro atoms. The van der Waals surface area contributed by atoms with Crippen molar-refractivity contribution >= 4 is 5.65 Å². The molecule has 3 aliphatic carbocycles. The Morgan fingerprint density at radius 2 is 1.92 bits per heavy atom. The molecule has 0 amide bonds. The van der Waals surface area contributed by atoms with Crippen molar-refractivity contribution in [1.82, 2.24) is 29.4 Å². The molecule has 0 aromatic carbocycles. The van der Waals surface area contributed by atoms with Gasteiger partial charge in [-0.05, 0) is 48.8 Å². The van der Waals surface area contributed by atoms with Gasteiger partial charge in [0.25, 0.3) is 0 Å². The summed E-state index contributed by atoms with van der Waals surface area (Å²) in [5.74, 6) is 0.639. The van der Waals surface area contributed by atoms with E-state index >= 15 is 0 Å². The Kier molecular flexibility index (Phi) is 6.58. The highest BCUT2D eigenvalue weighted by Gasteiger charge is 2.68. The van der Waals surface area contributed by atoms with Crippen molar-refractivity contribution in [3.05, 3.63) is 60.4 Å². The zero-order valence-electron chi connectivity index (χ0n) is 21.4. The van der Waals surface area contributed by atoms with E-state index in [0.29, 0.717) is 63.7 Å². The maximum atomic E-state index is 13.9. The van der Waals surface area contributed by atoms with Gasteiger partial charge in [-0.2, -0.15) is 0 Å². The fraction of sp³-hybridized carbons (Fsp3) is 0.481. The maximum absolute atomic E-state index is 13.9. The number of hydrogen-bond acceptors (Lipinski definition) is 8. The summed E-state index contributed by atoms with van der Waals surface area (Å²) in [5, 5.41) is 8.57. The fourth-order valence-corrected chi connectivity index (χ4v) is 5.79. The summed E-state index contributed by atoms with van der Waals surface area (Å²) in [4.78, 5) is 8.98. The van der Waals surface area contributed by atoms with E-state index in [1.807, 2.05) is 41.2 Å². The van der Waals surface area contributed by atoms with Gasteiger partial charge in [-0.1, -0.05) is 11.3 Å². The van der Waals surface area contributed by atoms with Crippen LogP contribution in [0.25, 0.3) is 16.9 Å². The van der Waals surface area contributed by atoms with E-state index in [1.54, 1.807) is 24.2 Å². The summed E-state index contributed by atoms with van der Waals surface area (Å²) in [6, 6.07) is 5.77. The number of alkyl halides is 1. The van der Waals surface area contributed by atoms with Crippen LogP contribution in [0.1, 0.15) is 43.0 Å². The lowest BCUT2D eigenvalue weighted by Gasteiger charge is -2.66. The highest BCUT2D eigenvalue weighted by Crippen LogP contribution is 2.71. The summed E-state index contributed by atoms with van der Waals surface area (Å²) >= 11 is 0. The number of halogens is 1. The molecule has 0 radical (unpaired) electrons. The number of pyridine rings is 2. The summed E-state index contributed by atoms with van der Waals surface area (Å²) < 4.78 is 33.7. The third-order valence-electron chi connectivity index (χ3n) is 7.48. The summed E-state index contributed by atoms with van der Waals surface area (Å²) in [6.07, 6.45) is 12.1. The smallest absolute Gasteiger partial charge is 0.138 e. The lowest BCUT2D eigenvalue weighted by molar-refractivity contribution is -0.218. The molecule has 3 fully saturated rings. The topological polar surface area (TPSA) is 115 Å². The molecule has 10 nitrogen and oxygen atoms in total. The van der Waals surface area contributed by atoms with Crippen LogP contribution in [0.5, 0.6) is 5.75 Å². The molecule has 1 atom stereocenters. The van der Waals surface area contributed by atoms with E-state index in [-0.39, 0.29) is 11.5 Å². The van der Waals surface area contributed by atoms with Crippen LogP contribution in [0.2, 0.25) is 0 Å². The summed E-state index contributed by atoms with van der Waals surface area (Å²) in [6.45, 7) is 2.45. The molecule has 200 valence electrons. The number of aromatic nitrogens is 6. The van der Waals surface area contributed by atoms with E-state index in [2.05, 4.69) is 15.3 Å². The monoisotopic (exact) mass is 521 g/mol. The highest BCUT2D eigenvalue weighted by atomic mass is 19.1. The zero-order valence-corrected chi connectivity index (χ0v) is 21.4. The molecular formula is C27H32FN7O3. The molecule has 38 heavy (non-hydrogen) atoms. The number of rotatable bonds is 13. The van der Waals surface area contributed by atoms with Gasteiger partial charge in [-0.15, -0.1) is 5.10 Å². The molecule has 4 heterocycles. The molecule has 4 aromatic heterocycles. The third-order valence-corrected chi connectivity index (χ3v) is 7.48. The number of fused-ring (bicyclic) bond motifs is 1. The number of methoxy groups -OCH3 is 1. The Bertz CT molecular complexity index is 1400. The van der Waals surface area contributed by atoms with E-state index in [4.69, 9.17) is 24.9 Å². The first kappa shape index (κ1) is 24.9. The van der Waals surface area contributed by atoms with Gasteiger partial charge in [0.05, 0.1) is 44.5 Å². The van der Waals surface area contributed by atoms with E-state index in [9.17, 15) is 4.39 Å². The number of ether oxygens (including phenoxy) is 3. The van der Waals surface area contributed by atoms with E-state index < -0.39 is 5.67 Å². The van der Waals surface area contributed by atoms with Crippen LogP contribution in [0, 0.1) is 5.41 Å². The second-order valence-electron chi connectivity index (χ2n) is 10.6. The lowest BCUT2D eigenvalue weighted by atomic mass is 9.40. The van der Waals surface area contributed by atoms with Crippen LogP contribution in [-0.4, -0.2) is 68.6 Å². The van der Waals surface area contributed by atoms with E-state index in [1.165, 1.54) is 0 Å². The van der Waals surface area contributed by atoms with Crippen LogP contribution in [0.3, 0.4) is 0 Å².